The summed E-state index contributed by atoms with van der Waals surface area (Å²) in [5, 5.41) is 0. The highest BCUT2D eigenvalue weighted by Crippen LogP contribution is 2.43. The smallest absolute Gasteiger partial charge is 0.294 e. The van der Waals surface area contributed by atoms with Gasteiger partial charge in [-0.25, -0.2) is 0 Å². The van der Waals surface area contributed by atoms with Gasteiger partial charge in [-0.2, -0.15) is 4.99 Å². The lowest BCUT2D eigenvalue weighted by Crippen LogP contribution is -2.49. The van der Waals surface area contributed by atoms with Crippen molar-refractivity contribution in [2.45, 2.75) is 25.4 Å². The minimum atomic E-state index is -0.649. The molecule has 1 fully saturated rings. The van der Waals surface area contributed by atoms with Crippen molar-refractivity contribution in [3.8, 4) is 0 Å². The molecule has 0 unspecified atom stereocenters. The molecule has 4 heteroatoms. The predicted molar refractivity (Wildman–Crippen MR) is 38.8 cm³/mol. The first-order valence-corrected chi connectivity index (χ1v) is 3.70. The number of ether oxygens (including phenoxy) is 1. The first-order valence-electron chi connectivity index (χ1n) is 3.70. The van der Waals surface area contributed by atoms with Crippen molar-refractivity contribution in [2.75, 3.05) is 0 Å². The summed E-state index contributed by atoms with van der Waals surface area (Å²) in [5.74, 6) is 0.355. The quantitative estimate of drug-likeness (QED) is 0.535. The molecule has 2 N–H and O–H groups in total. The molecular weight excluding hydrogens is 144 g/mol. The Morgan fingerprint density at radius 2 is 2.36 bits per heavy atom. The van der Waals surface area contributed by atoms with Crippen LogP contribution < -0.4 is 5.73 Å². The van der Waals surface area contributed by atoms with Crippen LogP contribution in [-0.4, -0.2) is 17.5 Å². The lowest BCUT2D eigenvalue weighted by atomic mass is 9.71. The van der Waals surface area contributed by atoms with E-state index in [1.54, 1.807) is 0 Å². The Labute approximate surface area is 64.4 Å². The SMILES string of the molecule is CC1CC2(C1)OC(N)=NC2=O. The Bertz CT molecular complexity index is 241. The molecule has 0 aromatic heterocycles. The number of rotatable bonds is 0. The minimum absolute atomic E-state index is 0.0295. The van der Waals surface area contributed by atoms with E-state index in [0.717, 1.165) is 12.8 Å². The molecule has 0 aromatic carbocycles. The van der Waals surface area contributed by atoms with Gasteiger partial charge in [-0.15, -0.1) is 0 Å². The highest BCUT2D eigenvalue weighted by Gasteiger charge is 2.54. The number of amides is 1. The van der Waals surface area contributed by atoms with Crippen molar-refractivity contribution in [3.63, 3.8) is 0 Å². The molecule has 1 saturated carbocycles. The third-order valence-corrected chi connectivity index (χ3v) is 2.26. The van der Waals surface area contributed by atoms with Crippen molar-refractivity contribution in [1.29, 1.82) is 0 Å². The minimum Gasteiger partial charge on any atom is -0.448 e. The summed E-state index contributed by atoms with van der Waals surface area (Å²) in [7, 11) is 0. The van der Waals surface area contributed by atoms with E-state index in [4.69, 9.17) is 10.5 Å². The van der Waals surface area contributed by atoms with Crippen LogP contribution in [-0.2, 0) is 9.53 Å². The molecule has 0 saturated heterocycles. The number of nitrogens with two attached hydrogens (primary N) is 1. The monoisotopic (exact) mass is 154 g/mol. The third kappa shape index (κ3) is 0.751. The van der Waals surface area contributed by atoms with Gasteiger partial charge in [0.05, 0.1) is 0 Å². The number of carbonyl (C=O) groups is 1. The zero-order valence-corrected chi connectivity index (χ0v) is 6.33. The predicted octanol–water partition coefficient (Wildman–Crippen LogP) is 0.0266. The van der Waals surface area contributed by atoms with Crippen LogP contribution in [0.5, 0.6) is 0 Å². The van der Waals surface area contributed by atoms with Crippen molar-refractivity contribution >= 4 is 11.9 Å². The van der Waals surface area contributed by atoms with E-state index in [1.165, 1.54) is 0 Å². The maximum atomic E-state index is 11.1. The van der Waals surface area contributed by atoms with Crippen LogP contribution in [0.15, 0.2) is 4.99 Å². The standard InChI is InChI=1S/C7H10N2O2/c1-4-2-7(3-4)5(10)9-6(8)11-7/h4H,2-3H2,1H3,(H2,8,9,10). The molecule has 1 heterocycles. The molecule has 0 atom stereocenters. The summed E-state index contributed by atoms with van der Waals surface area (Å²) in [6.45, 7) is 2.08. The zero-order chi connectivity index (χ0) is 8.06. The molecular formula is C7H10N2O2. The first-order chi connectivity index (χ1) is 5.12. The van der Waals surface area contributed by atoms with Crippen molar-refractivity contribution < 1.29 is 9.53 Å². The number of hydrogen-bond acceptors (Lipinski definition) is 3. The van der Waals surface area contributed by atoms with Crippen LogP contribution in [0.3, 0.4) is 0 Å². The van der Waals surface area contributed by atoms with Crippen molar-refractivity contribution in [1.82, 2.24) is 0 Å². The van der Waals surface area contributed by atoms with E-state index >= 15 is 0 Å². The van der Waals surface area contributed by atoms with E-state index in [9.17, 15) is 4.79 Å². The Morgan fingerprint density at radius 3 is 2.73 bits per heavy atom. The normalized spacial score (nSPS) is 41.7. The van der Waals surface area contributed by atoms with Crippen LogP contribution in [0.2, 0.25) is 0 Å². The van der Waals surface area contributed by atoms with Gasteiger partial charge in [0.2, 0.25) is 0 Å². The lowest BCUT2D eigenvalue weighted by molar-refractivity contribution is -0.142. The van der Waals surface area contributed by atoms with Gasteiger partial charge >= 0.3 is 0 Å². The first kappa shape index (κ1) is 6.64. The van der Waals surface area contributed by atoms with Gasteiger partial charge in [-0.3, -0.25) is 4.79 Å². The average molecular weight is 154 g/mol. The number of hydrogen-bond donors (Lipinski definition) is 1. The topological polar surface area (TPSA) is 64.7 Å². The summed E-state index contributed by atoms with van der Waals surface area (Å²) < 4.78 is 5.15. The number of carbonyl (C=O) groups excluding carboxylic acids is 1. The van der Waals surface area contributed by atoms with Gasteiger partial charge in [0.25, 0.3) is 11.9 Å². The third-order valence-electron chi connectivity index (χ3n) is 2.26. The van der Waals surface area contributed by atoms with E-state index in [2.05, 4.69) is 11.9 Å². The Hall–Kier alpha value is -1.06. The van der Waals surface area contributed by atoms with Crippen molar-refractivity contribution in [3.05, 3.63) is 0 Å². The molecule has 0 radical (unpaired) electrons. The van der Waals surface area contributed by atoms with Crippen LogP contribution >= 0.6 is 0 Å². The summed E-state index contributed by atoms with van der Waals surface area (Å²) in [5.41, 5.74) is 4.61. The molecule has 1 aliphatic carbocycles. The summed E-state index contributed by atoms with van der Waals surface area (Å²) in [6.07, 6.45) is 1.52. The lowest BCUT2D eigenvalue weighted by Gasteiger charge is -2.39. The fourth-order valence-corrected chi connectivity index (χ4v) is 1.79. The zero-order valence-electron chi connectivity index (χ0n) is 6.33. The van der Waals surface area contributed by atoms with E-state index in [-0.39, 0.29) is 11.9 Å². The maximum Gasteiger partial charge on any atom is 0.294 e. The number of aliphatic imine (C=N–C) groups is 1. The highest BCUT2D eigenvalue weighted by atomic mass is 16.5. The highest BCUT2D eigenvalue weighted by molar-refractivity contribution is 6.01. The molecule has 1 amide bonds. The Kier molecular flexibility index (Phi) is 1.06. The second-order valence-electron chi connectivity index (χ2n) is 3.36. The molecule has 11 heavy (non-hydrogen) atoms. The number of amidine groups is 1. The van der Waals surface area contributed by atoms with Gasteiger partial charge in [-0.1, -0.05) is 6.92 Å². The van der Waals surface area contributed by atoms with Crippen LogP contribution in [0, 0.1) is 5.92 Å². The second-order valence-corrected chi connectivity index (χ2v) is 3.36. The van der Waals surface area contributed by atoms with Crippen LogP contribution in [0.1, 0.15) is 19.8 Å². The molecule has 0 bridgehead atoms. The molecule has 1 spiro atoms. The molecule has 2 aliphatic rings. The summed E-state index contributed by atoms with van der Waals surface area (Å²) in [4.78, 5) is 14.7. The second kappa shape index (κ2) is 1.75. The van der Waals surface area contributed by atoms with Gasteiger partial charge in [0.15, 0.2) is 5.60 Å². The number of nitrogens with zero attached hydrogens (tertiary/aromatic N) is 1. The fourth-order valence-electron chi connectivity index (χ4n) is 1.79. The van der Waals surface area contributed by atoms with Crippen LogP contribution in [0.25, 0.3) is 0 Å². The fraction of sp³-hybridized carbons (Fsp3) is 0.714. The average Bonchev–Trinajstić information content (AvgIpc) is 2.06. The van der Waals surface area contributed by atoms with E-state index < -0.39 is 5.60 Å². The molecule has 2 rings (SSSR count). The Morgan fingerprint density at radius 1 is 1.73 bits per heavy atom. The molecule has 60 valence electrons. The van der Waals surface area contributed by atoms with E-state index in [0.29, 0.717) is 5.92 Å². The van der Waals surface area contributed by atoms with Gasteiger partial charge < -0.3 is 10.5 Å². The largest absolute Gasteiger partial charge is 0.448 e. The molecule has 0 aromatic rings. The Balaban J connectivity index is 2.15. The molecule has 4 nitrogen and oxygen atoms in total. The summed E-state index contributed by atoms with van der Waals surface area (Å²) >= 11 is 0. The van der Waals surface area contributed by atoms with Gasteiger partial charge in [0, 0.05) is 0 Å². The summed E-state index contributed by atoms with van der Waals surface area (Å²) in [6, 6.07) is 0.0295. The van der Waals surface area contributed by atoms with Crippen LogP contribution in [0.4, 0.5) is 0 Å². The van der Waals surface area contributed by atoms with Gasteiger partial charge in [-0.05, 0) is 18.8 Å². The van der Waals surface area contributed by atoms with E-state index in [1.807, 2.05) is 0 Å². The van der Waals surface area contributed by atoms with Gasteiger partial charge in [0.1, 0.15) is 0 Å². The maximum absolute atomic E-state index is 11.1. The van der Waals surface area contributed by atoms with Crippen molar-refractivity contribution in [2.24, 2.45) is 16.6 Å². The molecule has 1 aliphatic heterocycles.